The second-order valence-corrected chi connectivity index (χ2v) is 8.08. The molecule has 2 saturated heterocycles. The predicted molar refractivity (Wildman–Crippen MR) is 101 cm³/mol. The van der Waals surface area contributed by atoms with Gasteiger partial charge in [0.25, 0.3) is 5.91 Å². The first kappa shape index (κ1) is 16.9. The Kier molecular flexibility index (Phi) is 4.04. The predicted octanol–water partition coefficient (Wildman–Crippen LogP) is 2.78. The molecule has 1 aliphatic carbocycles. The van der Waals surface area contributed by atoms with E-state index in [0.717, 1.165) is 68.4 Å². The average Bonchev–Trinajstić information content (AvgIpc) is 3.28. The molecule has 3 aliphatic rings. The SMILES string of the molecule is Cc1ccc(-n2nc(C(=O)N3C4CCNCC3CC4)c3c2CCC3)c(F)c1. The number of benzene rings is 1. The van der Waals surface area contributed by atoms with Crippen LogP contribution in [0.2, 0.25) is 0 Å². The molecule has 27 heavy (non-hydrogen) atoms. The molecule has 2 aromatic rings. The molecular formula is C21H25FN4O. The molecule has 1 amide bonds. The van der Waals surface area contributed by atoms with Crippen LogP contribution in [0.1, 0.15) is 53.0 Å². The van der Waals surface area contributed by atoms with Crippen molar-refractivity contribution in [2.24, 2.45) is 0 Å². The van der Waals surface area contributed by atoms with Gasteiger partial charge >= 0.3 is 0 Å². The van der Waals surface area contributed by atoms with E-state index in [1.165, 1.54) is 6.07 Å². The molecule has 142 valence electrons. The third kappa shape index (κ3) is 2.69. The summed E-state index contributed by atoms with van der Waals surface area (Å²) in [7, 11) is 0. The zero-order chi connectivity index (χ0) is 18.5. The van der Waals surface area contributed by atoms with Gasteiger partial charge in [0.2, 0.25) is 0 Å². The number of hydrogen-bond acceptors (Lipinski definition) is 3. The molecule has 5 nitrogen and oxygen atoms in total. The van der Waals surface area contributed by atoms with E-state index in [2.05, 4.69) is 15.3 Å². The molecule has 2 fully saturated rings. The fraction of sp³-hybridized carbons (Fsp3) is 0.524. The van der Waals surface area contributed by atoms with Gasteiger partial charge in [-0.25, -0.2) is 9.07 Å². The highest BCUT2D eigenvalue weighted by molar-refractivity contribution is 5.95. The van der Waals surface area contributed by atoms with Crippen LogP contribution in [0.4, 0.5) is 4.39 Å². The Balaban J connectivity index is 1.57. The zero-order valence-corrected chi connectivity index (χ0v) is 15.7. The molecule has 1 N–H and O–H groups in total. The third-order valence-electron chi connectivity index (χ3n) is 6.35. The van der Waals surface area contributed by atoms with Gasteiger partial charge in [0, 0.05) is 29.9 Å². The van der Waals surface area contributed by atoms with Crippen molar-refractivity contribution in [2.75, 3.05) is 13.1 Å². The van der Waals surface area contributed by atoms with Crippen LogP contribution in [0, 0.1) is 12.7 Å². The van der Waals surface area contributed by atoms with Gasteiger partial charge in [-0.3, -0.25) is 4.79 Å². The maximum Gasteiger partial charge on any atom is 0.275 e. The summed E-state index contributed by atoms with van der Waals surface area (Å²) in [6.07, 6.45) is 5.82. The van der Waals surface area contributed by atoms with E-state index in [4.69, 9.17) is 0 Å². The summed E-state index contributed by atoms with van der Waals surface area (Å²) in [4.78, 5) is 15.6. The Bertz CT molecular complexity index is 892. The molecule has 0 radical (unpaired) electrons. The van der Waals surface area contributed by atoms with E-state index in [0.29, 0.717) is 17.4 Å². The number of amides is 1. The van der Waals surface area contributed by atoms with Gasteiger partial charge in [0.15, 0.2) is 5.69 Å². The maximum atomic E-state index is 14.6. The van der Waals surface area contributed by atoms with Crippen LogP contribution >= 0.6 is 0 Å². The fourth-order valence-electron chi connectivity index (χ4n) is 5.03. The Hall–Kier alpha value is -2.21. The van der Waals surface area contributed by atoms with Crippen molar-refractivity contribution in [1.82, 2.24) is 20.0 Å². The summed E-state index contributed by atoms with van der Waals surface area (Å²) in [5, 5.41) is 8.10. The number of rotatable bonds is 2. The Morgan fingerprint density at radius 1 is 1.22 bits per heavy atom. The number of carbonyl (C=O) groups is 1. The fourth-order valence-corrected chi connectivity index (χ4v) is 5.03. The van der Waals surface area contributed by atoms with Gasteiger partial charge in [-0.05, 0) is 69.7 Å². The molecule has 3 heterocycles. The van der Waals surface area contributed by atoms with Crippen molar-refractivity contribution in [2.45, 2.75) is 57.5 Å². The minimum Gasteiger partial charge on any atom is -0.330 e. The quantitative estimate of drug-likeness (QED) is 0.887. The minimum absolute atomic E-state index is 0.0376. The first-order valence-electron chi connectivity index (χ1n) is 10.0. The van der Waals surface area contributed by atoms with Gasteiger partial charge in [-0.15, -0.1) is 0 Å². The van der Waals surface area contributed by atoms with Gasteiger partial charge in [-0.1, -0.05) is 6.07 Å². The van der Waals surface area contributed by atoms with E-state index < -0.39 is 0 Å². The van der Waals surface area contributed by atoms with E-state index in [9.17, 15) is 9.18 Å². The Morgan fingerprint density at radius 3 is 2.93 bits per heavy atom. The number of nitrogens with one attached hydrogen (secondary N) is 1. The van der Waals surface area contributed by atoms with E-state index in [1.807, 2.05) is 13.0 Å². The van der Waals surface area contributed by atoms with Crippen molar-refractivity contribution in [3.05, 3.63) is 46.5 Å². The molecule has 0 spiro atoms. The van der Waals surface area contributed by atoms with Crippen molar-refractivity contribution in [3.8, 4) is 5.69 Å². The van der Waals surface area contributed by atoms with Crippen LogP contribution < -0.4 is 5.32 Å². The first-order valence-corrected chi connectivity index (χ1v) is 10.0. The summed E-state index contributed by atoms with van der Waals surface area (Å²) in [6, 6.07) is 5.74. The van der Waals surface area contributed by atoms with Crippen LogP contribution in [0.5, 0.6) is 0 Å². The highest BCUT2D eigenvalue weighted by Crippen LogP contribution is 2.34. The molecule has 0 saturated carbocycles. The van der Waals surface area contributed by atoms with Crippen LogP contribution in [0.25, 0.3) is 5.69 Å². The number of aromatic nitrogens is 2. The lowest BCUT2D eigenvalue weighted by molar-refractivity contribution is 0.0672. The highest BCUT2D eigenvalue weighted by atomic mass is 19.1. The van der Waals surface area contributed by atoms with Gasteiger partial charge in [0.1, 0.15) is 11.5 Å². The first-order chi connectivity index (χ1) is 13.1. The van der Waals surface area contributed by atoms with Crippen LogP contribution in [0.15, 0.2) is 18.2 Å². The number of carbonyl (C=O) groups excluding carboxylic acids is 1. The van der Waals surface area contributed by atoms with Crippen molar-refractivity contribution in [1.29, 1.82) is 0 Å². The van der Waals surface area contributed by atoms with E-state index in [1.54, 1.807) is 10.7 Å². The number of hydrogen-bond donors (Lipinski definition) is 1. The van der Waals surface area contributed by atoms with Gasteiger partial charge in [-0.2, -0.15) is 5.10 Å². The molecule has 2 aliphatic heterocycles. The highest BCUT2D eigenvalue weighted by Gasteiger charge is 2.41. The lowest BCUT2D eigenvalue weighted by Crippen LogP contribution is -2.43. The molecule has 1 aromatic carbocycles. The van der Waals surface area contributed by atoms with Gasteiger partial charge < -0.3 is 10.2 Å². The molecule has 2 atom stereocenters. The van der Waals surface area contributed by atoms with Crippen LogP contribution in [-0.4, -0.2) is 45.8 Å². The standard InChI is InChI=1S/C21H25FN4O/c1-13-5-8-19(17(22)11-13)26-18-4-2-3-16(18)20(24-26)21(27)25-14-6-7-15(25)12-23-10-9-14/h5,8,11,14-15,23H,2-4,6-7,9-10,12H2,1H3. The molecule has 2 unspecified atom stereocenters. The minimum atomic E-state index is -0.287. The zero-order valence-electron chi connectivity index (χ0n) is 15.7. The summed E-state index contributed by atoms with van der Waals surface area (Å²) in [5.41, 5.74) is 3.89. The lowest BCUT2D eigenvalue weighted by Gasteiger charge is -2.27. The second-order valence-electron chi connectivity index (χ2n) is 8.08. The third-order valence-corrected chi connectivity index (χ3v) is 6.35. The average molecular weight is 368 g/mol. The maximum absolute atomic E-state index is 14.6. The van der Waals surface area contributed by atoms with Crippen molar-refractivity contribution >= 4 is 5.91 Å². The monoisotopic (exact) mass is 368 g/mol. The number of fused-ring (bicyclic) bond motifs is 3. The number of aryl methyl sites for hydroxylation is 1. The summed E-state index contributed by atoms with van der Waals surface area (Å²) >= 11 is 0. The number of nitrogens with zero attached hydrogens (tertiary/aromatic N) is 3. The molecular weight excluding hydrogens is 343 g/mol. The largest absolute Gasteiger partial charge is 0.330 e. The van der Waals surface area contributed by atoms with Gasteiger partial charge in [0.05, 0.1) is 0 Å². The second kappa shape index (κ2) is 6.44. The smallest absolute Gasteiger partial charge is 0.275 e. The van der Waals surface area contributed by atoms with Crippen molar-refractivity contribution < 1.29 is 9.18 Å². The molecule has 6 heteroatoms. The normalized spacial score (nSPS) is 24.1. The molecule has 5 rings (SSSR count). The summed E-state index contributed by atoms with van der Waals surface area (Å²) in [5.74, 6) is -0.249. The lowest BCUT2D eigenvalue weighted by atomic mass is 10.1. The topological polar surface area (TPSA) is 50.2 Å². The van der Waals surface area contributed by atoms with Crippen molar-refractivity contribution in [3.63, 3.8) is 0 Å². The van der Waals surface area contributed by atoms with Crippen LogP contribution in [-0.2, 0) is 12.8 Å². The molecule has 1 aromatic heterocycles. The summed E-state index contributed by atoms with van der Waals surface area (Å²) < 4.78 is 16.3. The Labute approximate surface area is 158 Å². The van der Waals surface area contributed by atoms with E-state index in [-0.39, 0.29) is 17.8 Å². The number of halogens is 1. The summed E-state index contributed by atoms with van der Waals surface area (Å²) in [6.45, 7) is 3.70. The Morgan fingerprint density at radius 2 is 2.07 bits per heavy atom. The van der Waals surface area contributed by atoms with Crippen LogP contribution in [0.3, 0.4) is 0 Å². The van der Waals surface area contributed by atoms with E-state index >= 15 is 0 Å². The molecule has 2 bridgehead atoms.